The van der Waals surface area contributed by atoms with Gasteiger partial charge in [0.25, 0.3) is 0 Å². The lowest BCUT2D eigenvalue weighted by molar-refractivity contribution is 0.0411. The van der Waals surface area contributed by atoms with Gasteiger partial charge in [-0.15, -0.1) is 0 Å². The van der Waals surface area contributed by atoms with E-state index in [4.69, 9.17) is 20.4 Å². The average molecular weight is 218 g/mol. The fourth-order valence-electron chi connectivity index (χ4n) is 0.910. The van der Waals surface area contributed by atoms with E-state index in [9.17, 15) is 0 Å². The zero-order valence-electron chi connectivity index (χ0n) is 9.61. The molecule has 1 unspecified atom stereocenters. The maximum Gasteiger partial charge on any atom is 0.144 e. The van der Waals surface area contributed by atoms with Crippen LogP contribution in [0.5, 0.6) is 0 Å². The SMILES string of the molecule is CCCCOCCOCC(C)/C(N)=N/O. The molecule has 0 aromatic rings. The monoisotopic (exact) mass is 218 g/mol. The summed E-state index contributed by atoms with van der Waals surface area (Å²) in [6.45, 7) is 6.35. The molecule has 3 N–H and O–H groups in total. The molecule has 0 bridgehead atoms. The molecule has 0 saturated carbocycles. The zero-order valence-corrected chi connectivity index (χ0v) is 9.61. The summed E-state index contributed by atoms with van der Waals surface area (Å²) in [4.78, 5) is 0. The Morgan fingerprint density at radius 3 is 2.60 bits per heavy atom. The molecule has 0 radical (unpaired) electrons. The molecule has 0 rings (SSSR count). The number of hydrogen-bond donors (Lipinski definition) is 2. The van der Waals surface area contributed by atoms with E-state index in [1.807, 2.05) is 6.92 Å². The van der Waals surface area contributed by atoms with Crippen LogP contribution in [0.1, 0.15) is 26.7 Å². The molecule has 0 fully saturated rings. The minimum atomic E-state index is -0.0642. The Labute approximate surface area is 91.2 Å². The van der Waals surface area contributed by atoms with Crippen molar-refractivity contribution < 1.29 is 14.7 Å². The van der Waals surface area contributed by atoms with Crippen LogP contribution in [0.3, 0.4) is 0 Å². The van der Waals surface area contributed by atoms with E-state index >= 15 is 0 Å². The van der Waals surface area contributed by atoms with Gasteiger partial charge in [0.2, 0.25) is 0 Å². The summed E-state index contributed by atoms with van der Waals surface area (Å²) in [6, 6.07) is 0. The van der Waals surface area contributed by atoms with E-state index in [0.717, 1.165) is 19.4 Å². The molecule has 0 heterocycles. The number of oxime groups is 1. The lowest BCUT2D eigenvalue weighted by Crippen LogP contribution is -2.25. The van der Waals surface area contributed by atoms with Gasteiger partial charge in [-0.2, -0.15) is 0 Å². The minimum absolute atomic E-state index is 0.0642. The van der Waals surface area contributed by atoms with Crippen molar-refractivity contribution in [3.8, 4) is 0 Å². The lowest BCUT2D eigenvalue weighted by atomic mass is 10.2. The van der Waals surface area contributed by atoms with Gasteiger partial charge in [0, 0.05) is 12.5 Å². The third kappa shape index (κ3) is 8.20. The molecule has 0 amide bonds. The highest BCUT2D eigenvalue weighted by atomic mass is 16.5. The third-order valence-corrected chi connectivity index (χ3v) is 2.00. The number of nitrogens with zero attached hydrogens (tertiary/aromatic N) is 1. The first-order valence-corrected chi connectivity index (χ1v) is 5.35. The second-order valence-corrected chi connectivity index (χ2v) is 3.47. The highest BCUT2D eigenvalue weighted by Gasteiger charge is 2.06. The van der Waals surface area contributed by atoms with Crippen molar-refractivity contribution >= 4 is 5.84 Å². The van der Waals surface area contributed by atoms with Crippen LogP contribution < -0.4 is 5.73 Å². The molecule has 0 aliphatic rings. The Hall–Kier alpha value is -0.810. The van der Waals surface area contributed by atoms with Crippen molar-refractivity contribution in [3.63, 3.8) is 0 Å². The predicted octanol–water partition coefficient (Wildman–Crippen LogP) is 1.20. The maximum absolute atomic E-state index is 8.39. The number of nitrogens with two attached hydrogens (primary N) is 1. The molecule has 5 heteroatoms. The highest BCUT2D eigenvalue weighted by Crippen LogP contribution is 1.96. The van der Waals surface area contributed by atoms with E-state index in [0.29, 0.717) is 19.8 Å². The molecule has 0 aromatic heterocycles. The highest BCUT2D eigenvalue weighted by molar-refractivity contribution is 5.81. The van der Waals surface area contributed by atoms with Crippen molar-refractivity contribution in [3.05, 3.63) is 0 Å². The molecule has 1 atom stereocenters. The van der Waals surface area contributed by atoms with Crippen LogP contribution >= 0.6 is 0 Å². The van der Waals surface area contributed by atoms with Crippen LogP contribution in [-0.4, -0.2) is 37.5 Å². The molecule has 90 valence electrons. The van der Waals surface area contributed by atoms with E-state index in [2.05, 4.69) is 12.1 Å². The van der Waals surface area contributed by atoms with Crippen LogP contribution in [0, 0.1) is 5.92 Å². The second-order valence-electron chi connectivity index (χ2n) is 3.47. The van der Waals surface area contributed by atoms with E-state index in [-0.39, 0.29) is 11.8 Å². The zero-order chi connectivity index (χ0) is 11.5. The number of amidine groups is 1. The van der Waals surface area contributed by atoms with E-state index in [1.165, 1.54) is 0 Å². The van der Waals surface area contributed by atoms with Gasteiger partial charge in [0.1, 0.15) is 5.84 Å². The van der Waals surface area contributed by atoms with Gasteiger partial charge in [-0.3, -0.25) is 0 Å². The van der Waals surface area contributed by atoms with Crippen LogP contribution in [0.15, 0.2) is 5.16 Å². The van der Waals surface area contributed by atoms with Crippen LogP contribution in [0.4, 0.5) is 0 Å². The standard InChI is InChI=1S/C10H22N2O3/c1-3-4-5-14-6-7-15-8-9(2)10(11)12-13/h9,13H,3-8H2,1-2H3,(H2,11,12). The summed E-state index contributed by atoms with van der Waals surface area (Å²) in [5.41, 5.74) is 5.39. The number of hydrogen-bond acceptors (Lipinski definition) is 4. The number of ether oxygens (including phenoxy) is 2. The van der Waals surface area contributed by atoms with Crippen molar-refractivity contribution in [2.45, 2.75) is 26.7 Å². The molecule has 15 heavy (non-hydrogen) atoms. The van der Waals surface area contributed by atoms with E-state index < -0.39 is 0 Å². The molecule has 0 saturated heterocycles. The van der Waals surface area contributed by atoms with Crippen LogP contribution in [-0.2, 0) is 9.47 Å². The summed E-state index contributed by atoms with van der Waals surface area (Å²) in [7, 11) is 0. The first-order valence-electron chi connectivity index (χ1n) is 5.35. The normalized spacial score (nSPS) is 14.1. The molecule has 0 aliphatic carbocycles. The Morgan fingerprint density at radius 1 is 1.33 bits per heavy atom. The summed E-state index contributed by atoms with van der Waals surface area (Å²) in [6.07, 6.45) is 2.22. The van der Waals surface area contributed by atoms with Gasteiger partial charge in [0.15, 0.2) is 0 Å². The average Bonchev–Trinajstić information content (AvgIpc) is 2.26. The molecular weight excluding hydrogens is 196 g/mol. The first kappa shape index (κ1) is 14.2. The molecule has 0 aromatic carbocycles. The topological polar surface area (TPSA) is 77.1 Å². The summed E-state index contributed by atoms with van der Waals surface area (Å²) >= 11 is 0. The maximum atomic E-state index is 8.39. The summed E-state index contributed by atoms with van der Waals surface area (Å²) < 4.78 is 10.6. The Bertz CT molecular complexity index is 174. The van der Waals surface area contributed by atoms with Gasteiger partial charge < -0.3 is 20.4 Å². The third-order valence-electron chi connectivity index (χ3n) is 2.00. The summed E-state index contributed by atoms with van der Waals surface area (Å²) in [5.74, 6) is 0.132. The van der Waals surface area contributed by atoms with E-state index in [1.54, 1.807) is 0 Å². The second kappa shape index (κ2) is 9.73. The Balaban J connectivity index is 3.24. The number of rotatable bonds is 9. The predicted molar refractivity (Wildman–Crippen MR) is 59.1 cm³/mol. The molecule has 0 spiro atoms. The smallest absolute Gasteiger partial charge is 0.144 e. The quantitative estimate of drug-likeness (QED) is 0.200. The van der Waals surface area contributed by atoms with Crippen LogP contribution in [0.25, 0.3) is 0 Å². The van der Waals surface area contributed by atoms with Gasteiger partial charge in [-0.1, -0.05) is 25.4 Å². The number of unbranched alkanes of at least 4 members (excludes halogenated alkanes) is 1. The fraction of sp³-hybridized carbons (Fsp3) is 0.900. The largest absolute Gasteiger partial charge is 0.409 e. The molecular formula is C10H22N2O3. The van der Waals surface area contributed by atoms with Crippen molar-refractivity contribution in [1.29, 1.82) is 0 Å². The van der Waals surface area contributed by atoms with Gasteiger partial charge >= 0.3 is 0 Å². The van der Waals surface area contributed by atoms with Gasteiger partial charge in [-0.25, -0.2) is 0 Å². The van der Waals surface area contributed by atoms with Crippen LogP contribution in [0.2, 0.25) is 0 Å². The Kier molecular flexibility index (Phi) is 9.21. The van der Waals surface area contributed by atoms with Gasteiger partial charge in [0.05, 0.1) is 19.8 Å². The minimum Gasteiger partial charge on any atom is -0.409 e. The van der Waals surface area contributed by atoms with Crippen molar-refractivity contribution in [2.75, 3.05) is 26.4 Å². The summed E-state index contributed by atoms with van der Waals surface area (Å²) in [5, 5.41) is 11.3. The van der Waals surface area contributed by atoms with Gasteiger partial charge in [-0.05, 0) is 6.42 Å². The van der Waals surface area contributed by atoms with Crippen molar-refractivity contribution in [1.82, 2.24) is 0 Å². The Morgan fingerprint density at radius 2 is 2.00 bits per heavy atom. The first-order chi connectivity index (χ1) is 7.22. The van der Waals surface area contributed by atoms with Crippen molar-refractivity contribution in [2.24, 2.45) is 16.8 Å². The lowest BCUT2D eigenvalue weighted by Gasteiger charge is -2.10. The molecule has 0 aliphatic heterocycles. The fourth-order valence-corrected chi connectivity index (χ4v) is 0.910. The molecule has 5 nitrogen and oxygen atoms in total.